The van der Waals surface area contributed by atoms with E-state index in [0.29, 0.717) is 19.0 Å². The molecule has 0 aromatic heterocycles. The summed E-state index contributed by atoms with van der Waals surface area (Å²) in [5.74, 6) is 0.266. The highest BCUT2D eigenvalue weighted by molar-refractivity contribution is 5.81. The fourth-order valence-corrected chi connectivity index (χ4v) is 4.31. The van der Waals surface area contributed by atoms with E-state index in [2.05, 4.69) is 41.4 Å². The molecule has 27 heavy (non-hydrogen) atoms. The van der Waals surface area contributed by atoms with Crippen LogP contribution >= 0.6 is 0 Å². The van der Waals surface area contributed by atoms with Gasteiger partial charge in [-0.2, -0.15) is 0 Å². The number of nitrogens with zero attached hydrogens (tertiary/aromatic N) is 2. The van der Waals surface area contributed by atoms with Crippen LogP contribution in [0.1, 0.15) is 57.6 Å². The molecule has 2 heterocycles. The highest BCUT2D eigenvalue weighted by Gasteiger charge is 2.32. The van der Waals surface area contributed by atoms with Gasteiger partial charge in [0.05, 0.1) is 5.92 Å². The van der Waals surface area contributed by atoms with Crippen LogP contribution in [0.3, 0.4) is 0 Å². The molecule has 3 rings (SSSR count). The summed E-state index contributed by atoms with van der Waals surface area (Å²) in [6.07, 6.45) is 4.26. The van der Waals surface area contributed by atoms with Crippen molar-refractivity contribution in [3.8, 4) is 0 Å². The van der Waals surface area contributed by atoms with Gasteiger partial charge >= 0.3 is 0 Å². The molecule has 3 atom stereocenters. The van der Waals surface area contributed by atoms with Gasteiger partial charge < -0.3 is 10.2 Å². The van der Waals surface area contributed by atoms with E-state index in [1.54, 1.807) is 0 Å². The molecular weight excluding hydrogens is 338 g/mol. The van der Waals surface area contributed by atoms with Gasteiger partial charge in [0.1, 0.15) is 0 Å². The maximum absolute atomic E-state index is 12.8. The molecule has 0 bridgehead atoms. The average Bonchev–Trinajstić information content (AvgIpc) is 3.16. The largest absolute Gasteiger partial charge is 0.352 e. The monoisotopic (exact) mass is 371 g/mol. The summed E-state index contributed by atoms with van der Waals surface area (Å²) in [6, 6.07) is 11.1. The maximum atomic E-state index is 12.8. The SMILES string of the molecule is CCCC(=O)N1CCCC(C(=O)NC2CCN(C(C)c3ccccc3)C2)C1. The van der Waals surface area contributed by atoms with Crippen LogP contribution < -0.4 is 5.32 Å². The lowest BCUT2D eigenvalue weighted by Crippen LogP contribution is -2.48. The Balaban J connectivity index is 1.49. The average molecular weight is 372 g/mol. The molecule has 2 aliphatic rings. The molecule has 0 saturated carbocycles. The van der Waals surface area contributed by atoms with Gasteiger partial charge in [-0.1, -0.05) is 37.3 Å². The Bertz CT molecular complexity index is 634. The number of piperidine rings is 1. The molecular formula is C22H33N3O2. The fraction of sp³-hybridized carbons (Fsp3) is 0.636. The van der Waals surface area contributed by atoms with Crippen LogP contribution in [0.25, 0.3) is 0 Å². The topological polar surface area (TPSA) is 52.7 Å². The summed E-state index contributed by atoms with van der Waals surface area (Å²) in [7, 11) is 0. The lowest BCUT2D eigenvalue weighted by Gasteiger charge is -2.32. The van der Waals surface area contributed by atoms with Gasteiger partial charge in [-0.3, -0.25) is 14.5 Å². The molecule has 1 N–H and O–H groups in total. The van der Waals surface area contributed by atoms with Gasteiger partial charge in [0.2, 0.25) is 11.8 Å². The zero-order valence-corrected chi connectivity index (χ0v) is 16.7. The van der Waals surface area contributed by atoms with E-state index in [0.717, 1.165) is 45.3 Å². The smallest absolute Gasteiger partial charge is 0.225 e. The Kier molecular flexibility index (Phi) is 6.89. The third kappa shape index (κ3) is 5.10. The lowest BCUT2D eigenvalue weighted by atomic mass is 9.96. The van der Waals surface area contributed by atoms with Gasteiger partial charge in [0.15, 0.2) is 0 Å². The Hall–Kier alpha value is -1.88. The van der Waals surface area contributed by atoms with E-state index < -0.39 is 0 Å². The first-order valence-corrected chi connectivity index (χ1v) is 10.5. The molecule has 2 fully saturated rings. The normalized spacial score (nSPS) is 24.6. The molecule has 1 aromatic rings. The standard InChI is InChI=1S/C22H33N3O2/c1-3-8-21(26)25-13-7-11-19(15-25)22(27)23-20-12-14-24(16-20)17(2)18-9-5-4-6-10-18/h4-6,9-10,17,19-20H,3,7-8,11-16H2,1-2H3,(H,23,27). The number of carbonyl (C=O) groups is 2. The summed E-state index contributed by atoms with van der Waals surface area (Å²) in [6.45, 7) is 7.54. The second-order valence-electron chi connectivity index (χ2n) is 8.00. The molecule has 2 amide bonds. The number of benzene rings is 1. The first kappa shape index (κ1) is 19.9. The van der Waals surface area contributed by atoms with Crippen molar-refractivity contribution < 1.29 is 9.59 Å². The molecule has 1 aromatic carbocycles. The van der Waals surface area contributed by atoms with Crippen molar-refractivity contribution in [3.05, 3.63) is 35.9 Å². The Labute approximate surface area is 163 Å². The summed E-state index contributed by atoms with van der Waals surface area (Å²) in [5.41, 5.74) is 1.32. The van der Waals surface area contributed by atoms with Crippen molar-refractivity contribution in [1.29, 1.82) is 0 Å². The van der Waals surface area contributed by atoms with Crippen molar-refractivity contribution >= 4 is 11.8 Å². The Morgan fingerprint density at radius 1 is 1.15 bits per heavy atom. The quantitative estimate of drug-likeness (QED) is 0.836. The summed E-state index contributed by atoms with van der Waals surface area (Å²) >= 11 is 0. The fourth-order valence-electron chi connectivity index (χ4n) is 4.31. The van der Waals surface area contributed by atoms with E-state index in [1.807, 2.05) is 17.9 Å². The molecule has 3 unspecified atom stereocenters. The highest BCUT2D eigenvalue weighted by Crippen LogP contribution is 2.25. The lowest BCUT2D eigenvalue weighted by molar-refractivity contribution is -0.135. The first-order chi connectivity index (χ1) is 13.1. The number of nitrogens with one attached hydrogen (secondary N) is 1. The van der Waals surface area contributed by atoms with Crippen molar-refractivity contribution in [2.75, 3.05) is 26.2 Å². The third-order valence-corrected chi connectivity index (χ3v) is 6.00. The van der Waals surface area contributed by atoms with E-state index in [-0.39, 0.29) is 23.8 Å². The minimum Gasteiger partial charge on any atom is -0.352 e. The van der Waals surface area contributed by atoms with Crippen molar-refractivity contribution in [1.82, 2.24) is 15.1 Å². The molecule has 5 nitrogen and oxygen atoms in total. The number of likely N-dealkylation sites (tertiary alicyclic amines) is 2. The predicted octanol–water partition coefficient (Wildman–Crippen LogP) is 2.98. The second-order valence-corrected chi connectivity index (χ2v) is 8.00. The van der Waals surface area contributed by atoms with Gasteiger partial charge in [-0.25, -0.2) is 0 Å². The van der Waals surface area contributed by atoms with Crippen molar-refractivity contribution in [2.24, 2.45) is 5.92 Å². The zero-order valence-electron chi connectivity index (χ0n) is 16.7. The number of hydrogen-bond acceptors (Lipinski definition) is 3. The summed E-state index contributed by atoms with van der Waals surface area (Å²) in [4.78, 5) is 29.2. The van der Waals surface area contributed by atoms with E-state index in [4.69, 9.17) is 0 Å². The molecule has 5 heteroatoms. The zero-order chi connectivity index (χ0) is 19.2. The van der Waals surface area contributed by atoms with Gasteiger partial charge in [-0.05, 0) is 38.2 Å². The Morgan fingerprint density at radius 2 is 1.93 bits per heavy atom. The predicted molar refractivity (Wildman–Crippen MR) is 107 cm³/mol. The van der Waals surface area contributed by atoms with Gasteiger partial charge in [0.25, 0.3) is 0 Å². The van der Waals surface area contributed by atoms with E-state index in [1.165, 1.54) is 5.56 Å². The molecule has 2 aliphatic heterocycles. The minimum atomic E-state index is -0.0554. The van der Waals surface area contributed by atoms with Crippen molar-refractivity contribution in [2.45, 2.75) is 58.0 Å². The minimum absolute atomic E-state index is 0.0554. The number of carbonyl (C=O) groups excluding carboxylic acids is 2. The van der Waals surface area contributed by atoms with Crippen LogP contribution in [0, 0.1) is 5.92 Å². The van der Waals surface area contributed by atoms with Crippen LogP contribution in [0.4, 0.5) is 0 Å². The van der Waals surface area contributed by atoms with Crippen LogP contribution in [-0.4, -0.2) is 53.8 Å². The van der Waals surface area contributed by atoms with Crippen LogP contribution in [0.2, 0.25) is 0 Å². The number of hydrogen-bond donors (Lipinski definition) is 1. The van der Waals surface area contributed by atoms with Crippen molar-refractivity contribution in [3.63, 3.8) is 0 Å². The summed E-state index contributed by atoms with van der Waals surface area (Å²) < 4.78 is 0. The molecule has 0 spiro atoms. The number of amides is 2. The summed E-state index contributed by atoms with van der Waals surface area (Å²) in [5, 5.41) is 3.26. The van der Waals surface area contributed by atoms with Crippen LogP contribution in [-0.2, 0) is 9.59 Å². The van der Waals surface area contributed by atoms with Crippen LogP contribution in [0.15, 0.2) is 30.3 Å². The molecule has 0 aliphatic carbocycles. The van der Waals surface area contributed by atoms with Gasteiger partial charge in [0, 0.05) is 44.7 Å². The van der Waals surface area contributed by atoms with E-state index >= 15 is 0 Å². The first-order valence-electron chi connectivity index (χ1n) is 10.5. The van der Waals surface area contributed by atoms with Gasteiger partial charge in [-0.15, -0.1) is 0 Å². The maximum Gasteiger partial charge on any atom is 0.225 e. The third-order valence-electron chi connectivity index (χ3n) is 6.00. The highest BCUT2D eigenvalue weighted by atomic mass is 16.2. The molecule has 0 radical (unpaired) electrons. The number of rotatable bonds is 6. The molecule has 148 valence electrons. The Morgan fingerprint density at radius 3 is 2.67 bits per heavy atom. The van der Waals surface area contributed by atoms with Crippen LogP contribution in [0.5, 0.6) is 0 Å². The van der Waals surface area contributed by atoms with E-state index in [9.17, 15) is 9.59 Å². The molecule has 2 saturated heterocycles. The second kappa shape index (κ2) is 9.36.